The first-order chi connectivity index (χ1) is 15.4. The topological polar surface area (TPSA) is 70.2 Å². The Kier molecular flexibility index (Phi) is 6.32. The van der Waals surface area contributed by atoms with Crippen molar-refractivity contribution in [3.63, 3.8) is 0 Å². The van der Waals surface area contributed by atoms with Crippen LogP contribution in [0.2, 0.25) is 5.02 Å². The van der Waals surface area contributed by atoms with Crippen molar-refractivity contribution in [1.82, 2.24) is 9.80 Å². The molecule has 7 nitrogen and oxygen atoms in total. The first kappa shape index (κ1) is 22.1. The van der Waals surface area contributed by atoms with Crippen LogP contribution in [0.3, 0.4) is 0 Å². The van der Waals surface area contributed by atoms with Crippen LogP contribution >= 0.6 is 11.6 Å². The molecule has 0 N–H and O–H groups in total. The normalized spacial score (nSPS) is 18.8. The minimum absolute atomic E-state index is 0.0752. The summed E-state index contributed by atoms with van der Waals surface area (Å²) in [4.78, 5) is 43.0. The monoisotopic (exact) mass is 459 g/mol. The molecule has 4 rings (SSSR count). The van der Waals surface area contributed by atoms with Crippen molar-refractivity contribution in [2.24, 2.45) is 5.92 Å². The van der Waals surface area contributed by atoms with Crippen LogP contribution in [0.4, 0.5) is 10.1 Å². The SMILES string of the molecule is COc1ccc(N2CC(C(=O)N3CCN(C(=O)c4cc(Cl)ccc4F)CC3)CC2=O)cc1. The van der Waals surface area contributed by atoms with E-state index in [9.17, 15) is 18.8 Å². The Hall–Kier alpha value is -3.13. The van der Waals surface area contributed by atoms with E-state index in [0.29, 0.717) is 38.5 Å². The van der Waals surface area contributed by atoms with E-state index in [-0.39, 0.29) is 28.8 Å². The molecule has 0 aromatic heterocycles. The summed E-state index contributed by atoms with van der Waals surface area (Å²) in [5.41, 5.74) is 0.652. The number of ether oxygens (including phenoxy) is 1. The van der Waals surface area contributed by atoms with Gasteiger partial charge in [0.05, 0.1) is 18.6 Å². The number of piperazine rings is 1. The predicted molar refractivity (Wildman–Crippen MR) is 117 cm³/mol. The smallest absolute Gasteiger partial charge is 0.257 e. The van der Waals surface area contributed by atoms with Gasteiger partial charge in [-0.25, -0.2) is 4.39 Å². The van der Waals surface area contributed by atoms with Crippen LogP contribution in [0.1, 0.15) is 16.8 Å². The molecule has 0 bridgehead atoms. The van der Waals surface area contributed by atoms with Crippen LogP contribution in [-0.4, -0.2) is 67.4 Å². The van der Waals surface area contributed by atoms with Crippen molar-refractivity contribution in [1.29, 1.82) is 0 Å². The Balaban J connectivity index is 1.35. The second-order valence-electron chi connectivity index (χ2n) is 7.85. The maximum atomic E-state index is 14.0. The van der Waals surface area contributed by atoms with Crippen molar-refractivity contribution < 1.29 is 23.5 Å². The first-order valence-corrected chi connectivity index (χ1v) is 10.7. The molecule has 2 aliphatic rings. The number of anilines is 1. The lowest BCUT2D eigenvalue weighted by atomic mass is 10.1. The van der Waals surface area contributed by atoms with Crippen LogP contribution in [0.25, 0.3) is 0 Å². The van der Waals surface area contributed by atoms with E-state index in [0.717, 1.165) is 5.69 Å². The Morgan fingerprint density at radius 1 is 1.03 bits per heavy atom. The van der Waals surface area contributed by atoms with Crippen LogP contribution in [0.15, 0.2) is 42.5 Å². The molecule has 2 fully saturated rings. The molecule has 32 heavy (non-hydrogen) atoms. The van der Waals surface area contributed by atoms with Gasteiger partial charge in [0, 0.05) is 49.9 Å². The Labute approximate surface area is 190 Å². The molecule has 3 amide bonds. The fourth-order valence-electron chi connectivity index (χ4n) is 4.10. The fraction of sp³-hybridized carbons (Fsp3) is 0.348. The highest BCUT2D eigenvalue weighted by Gasteiger charge is 2.38. The molecule has 9 heteroatoms. The van der Waals surface area contributed by atoms with Crippen LogP contribution in [-0.2, 0) is 9.59 Å². The van der Waals surface area contributed by atoms with Crippen molar-refractivity contribution >= 4 is 35.0 Å². The van der Waals surface area contributed by atoms with Gasteiger partial charge in [-0.2, -0.15) is 0 Å². The van der Waals surface area contributed by atoms with Gasteiger partial charge < -0.3 is 19.4 Å². The van der Waals surface area contributed by atoms with Gasteiger partial charge in [0.15, 0.2) is 0 Å². The molecule has 1 atom stereocenters. The van der Waals surface area contributed by atoms with Gasteiger partial charge in [0.2, 0.25) is 11.8 Å². The summed E-state index contributed by atoms with van der Waals surface area (Å²) in [7, 11) is 1.57. The molecular weight excluding hydrogens is 437 g/mol. The van der Waals surface area contributed by atoms with E-state index in [4.69, 9.17) is 16.3 Å². The minimum atomic E-state index is -0.624. The summed E-state index contributed by atoms with van der Waals surface area (Å²) < 4.78 is 19.2. The number of carbonyl (C=O) groups excluding carboxylic acids is 3. The lowest BCUT2D eigenvalue weighted by Crippen LogP contribution is -2.52. The summed E-state index contributed by atoms with van der Waals surface area (Å²) in [6, 6.07) is 11.0. The molecule has 2 saturated heterocycles. The van der Waals surface area contributed by atoms with E-state index < -0.39 is 17.6 Å². The zero-order valence-electron chi connectivity index (χ0n) is 17.6. The number of rotatable bonds is 4. The van der Waals surface area contributed by atoms with Crippen LogP contribution < -0.4 is 9.64 Å². The first-order valence-electron chi connectivity index (χ1n) is 10.3. The maximum Gasteiger partial charge on any atom is 0.257 e. The summed E-state index contributed by atoms with van der Waals surface area (Å²) in [5, 5.41) is 0.288. The van der Waals surface area contributed by atoms with Gasteiger partial charge in [0.1, 0.15) is 11.6 Å². The summed E-state index contributed by atoms with van der Waals surface area (Å²) >= 11 is 5.89. The highest BCUT2D eigenvalue weighted by molar-refractivity contribution is 6.31. The average Bonchev–Trinajstić information content (AvgIpc) is 3.21. The molecular formula is C23H23ClFN3O4. The third-order valence-electron chi connectivity index (χ3n) is 5.90. The highest BCUT2D eigenvalue weighted by Crippen LogP contribution is 2.28. The van der Waals surface area contributed by atoms with Gasteiger partial charge in [0.25, 0.3) is 5.91 Å². The molecule has 2 heterocycles. The van der Waals surface area contributed by atoms with Crippen LogP contribution in [0, 0.1) is 11.7 Å². The molecule has 2 aliphatic heterocycles. The second-order valence-corrected chi connectivity index (χ2v) is 8.28. The molecule has 2 aromatic rings. The molecule has 1 unspecified atom stereocenters. The van der Waals surface area contributed by atoms with Gasteiger partial charge in [-0.15, -0.1) is 0 Å². The number of nitrogens with zero attached hydrogens (tertiary/aromatic N) is 3. The van der Waals surface area contributed by atoms with Gasteiger partial charge >= 0.3 is 0 Å². The van der Waals surface area contributed by atoms with E-state index in [1.165, 1.54) is 23.1 Å². The van der Waals surface area contributed by atoms with Crippen molar-refractivity contribution in [3.8, 4) is 5.75 Å². The largest absolute Gasteiger partial charge is 0.497 e. The number of methoxy groups -OCH3 is 1. The van der Waals surface area contributed by atoms with Gasteiger partial charge in [-0.05, 0) is 42.5 Å². The predicted octanol–water partition coefficient (Wildman–Crippen LogP) is 2.83. The Morgan fingerprint density at radius 3 is 2.34 bits per heavy atom. The van der Waals surface area contributed by atoms with Crippen molar-refractivity contribution in [2.75, 3.05) is 44.7 Å². The van der Waals surface area contributed by atoms with Crippen molar-refractivity contribution in [2.45, 2.75) is 6.42 Å². The van der Waals surface area contributed by atoms with E-state index in [1.54, 1.807) is 41.2 Å². The van der Waals surface area contributed by atoms with Gasteiger partial charge in [-0.3, -0.25) is 14.4 Å². The quantitative estimate of drug-likeness (QED) is 0.705. The summed E-state index contributed by atoms with van der Waals surface area (Å²) in [5.74, 6) is -1.01. The van der Waals surface area contributed by atoms with Crippen LogP contribution in [0.5, 0.6) is 5.75 Å². The second kappa shape index (κ2) is 9.16. The number of hydrogen-bond acceptors (Lipinski definition) is 4. The van der Waals surface area contributed by atoms with E-state index in [1.807, 2.05) is 0 Å². The Morgan fingerprint density at radius 2 is 1.69 bits per heavy atom. The highest BCUT2D eigenvalue weighted by atomic mass is 35.5. The lowest BCUT2D eigenvalue weighted by Gasteiger charge is -2.36. The average molecular weight is 460 g/mol. The Bertz CT molecular complexity index is 1040. The van der Waals surface area contributed by atoms with E-state index in [2.05, 4.69) is 0 Å². The molecule has 0 spiro atoms. The third-order valence-corrected chi connectivity index (χ3v) is 6.13. The minimum Gasteiger partial charge on any atom is -0.497 e. The molecule has 0 radical (unpaired) electrons. The van der Waals surface area contributed by atoms with Crippen molar-refractivity contribution in [3.05, 3.63) is 58.9 Å². The molecule has 0 saturated carbocycles. The molecule has 168 valence electrons. The zero-order valence-corrected chi connectivity index (χ0v) is 18.3. The lowest BCUT2D eigenvalue weighted by molar-refractivity contribution is -0.137. The maximum absolute atomic E-state index is 14.0. The summed E-state index contributed by atoms with van der Waals surface area (Å²) in [6.45, 7) is 1.57. The number of halogens is 2. The third kappa shape index (κ3) is 4.41. The van der Waals surface area contributed by atoms with E-state index >= 15 is 0 Å². The number of carbonyl (C=O) groups is 3. The molecule has 2 aromatic carbocycles. The number of benzene rings is 2. The molecule has 0 aliphatic carbocycles. The fourth-order valence-corrected chi connectivity index (χ4v) is 4.28. The zero-order chi connectivity index (χ0) is 22.8. The van der Waals surface area contributed by atoms with Gasteiger partial charge in [-0.1, -0.05) is 11.6 Å². The standard InChI is InChI=1S/C23H23ClFN3O4/c1-32-18-5-3-17(4-6-18)28-14-15(12-21(28)29)22(30)26-8-10-27(11-9-26)23(31)19-13-16(24)2-7-20(19)25/h2-7,13,15H,8-12,14H2,1H3. The number of hydrogen-bond donors (Lipinski definition) is 0. The number of amides is 3. The summed E-state index contributed by atoms with van der Waals surface area (Å²) in [6.07, 6.45) is 0.151.